The molecule has 4 rings (SSSR count). The van der Waals surface area contributed by atoms with E-state index in [-0.39, 0.29) is 31.4 Å². The van der Waals surface area contributed by atoms with Crippen molar-refractivity contribution < 1.29 is 29.3 Å². The first-order valence-corrected chi connectivity index (χ1v) is 11.3. The zero-order chi connectivity index (χ0) is 24.8. The summed E-state index contributed by atoms with van der Waals surface area (Å²) in [4.78, 5) is 35.2. The maximum Gasteiger partial charge on any atom is 0.411 e. The van der Waals surface area contributed by atoms with Gasteiger partial charge in [-0.1, -0.05) is 60.7 Å². The molecule has 3 aromatic rings. The maximum atomic E-state index is 12.5. The lowest BCUT2D eigenvalue weighted by Gasteiger charge is -2.15. The number of carboxylic acid groups (broad SMARTS) is 1. The van der Waals surface area contributed by atoms with Gasteiger partial charge in [-0.25, -0.2) is 4.79 Å². The van der Waals surface area contributed by atoms with E-state index in [0.717, 1.165) is 22.3 Å². The van der Waals surface area contributed by atoms with Gasteiger partial charge < -0.3 is 20.3 Å². The fourth-order valence-electron chi connectivity index (χ4n) is 4.26. The lowest BCUT2D eigenvalue weighted by atomic mass is 9.98. The number of aliphatic carboxylic acids is 1. The third kappa shape index (κ3) is 6.04. The van der Waals surface area contributed by atoms with Crippen LogP contribution in [0.4, 0.5) is 10.5 Å². The van der Waals surface area contributed by atoms with Crippen molar-refractivity contribution >= 4 is 23.7 Å². The number of carboxylic acids is 1. The number of hydrogen-bond acceptors (Lipinski definition) is 5. The van der Waals surface area contributed by atoms with Gasteiger partial charge in [-0.3, -0.25) is 14.9 Å². The Kier molecular flexibility index (Phi) is 7.42. The molecule has 0 saturated carbocycles. The Labute approximate surface area is 202 Å². The van der Waals surface area contributed by atoms with Crippen LogP contribution in [0.15, 0.2) is 72.8 Å². The van der Waals surface area contributed by atoms with E-state index in [1.807, 2.05) is 24.3 Å². The zero-order valence-corrected chi connectivity index (χ0v) is 18.9. The van der Waals surface area contributed by atoms with E-state index < -0.39 is 24.6 Å². The molecular weight excluding hydrogens is 448 g/mol. The molecule has 0 radical (unpaired) electrons. The van der Waals surface area contributed by atoms with E-state index >= 15 is 0 Å². The number of benzene rings is 3. The molecule has 0 heterocycles. The highest BCUT2D eigenvalue weighted by Crippen LogP contribution is 2.44. The lowest BCUT2D eigenvalue weighted by molar-refractivity contribution is -0.139. The highest BCUT2D eigenvalue weighted by atomic mass is 16.5. The predicted octanol–water partition coefficient (Wildman–Crippen LogP) is 3.54. The Morgan fingerprint density at radius 3 is 2.23 bits per heavy atom. The van der Waals surface area contributed by atoms with Crippen LogP contribution in [0.5, 0.6) is 0 Å². The minimum atomic E-state index is -1.15. The second-order valence-electron chi connectivity index (χ2n) is 8.38. The summed E-state index contributed by atoms with van der Waals surface area (Å²) in [5.74, 6) is -1.55. The van der Waals surface area contributed by atoms with Crippen LogP contribution in [-0.4, -0.2) is 47.4 Å². The second-order valence-corrected chi connectivity index (χ2v) is 8.38. The van der Waals surface area contributed by atoms with Crippen molar-refractivity contribution in [1.29, 1.82) is 0 Å². The Hall–Kier alpha value is -4.17. The van der Waals surface area contributed by atoms with Crippen LogP contribution in [0, 0.1) is 0 Å². The van der Waals surface area contributed by atoms with Crippen LogP contribution in [0.2, 0.25) is 0 Å². The van der Waals surface area contributed by atoms with Gasteiger partial charge >= 0.3 is 12.1 Å². The van der Waals surface area contributed by atoms with Crippen molar-refractivity contribution in [3.63, 3.8) is 0 Å². The standard InChI is InChI=1S/C27H26N2O6/c30-19(14-26(32)33)15-28-25(31)13-17-6-5-7-18(12-17)29-27(34)35-16-24-22-10-3-1-8-20(22)21-9-2-4-11-23(21)24/h1-12,19,24,30H,13-16H2,(H,28,31)(H,29,34)(H,32,33). The molecule has 1 unspecified atom stereocenters. The molecule has 35 heavy (non-hydrogen) atoms. The smallest absolute Gasteiger partial charge is 0.411 e. The van der Waals surface area contributed by atoms with E-state index in [9.17, 15) is 19.5 Å². The first kappa shape index (κ1) is 24.0. The molecule has 4 N–H and O–H groups in total. The monoisotopic (exact) mass is 474 g/mol. The van der Waals surface area contributed by atoms with E-state index in [2.05, 4.69) is 34.9 Å². The third-order valence-corrected chi connectivity index (χ3v) is 5.83. The molecule has 2 amide bonds. The van der Waals surface area contributed by atoms with Crippen molar-refractivity contribution in [3.05, 3.63) is 89.5 Å². The summed E-state index contributed by atoms with van der Waals surface area (Å²) in [6.45, 7) is 0.0451. The average molecular weight is 475 g/mol. The number of carbonyl (C=O) groups excluding carboxylic acids is 2. The van der Waals surface area contributed by atoms with Gasteiger partial charge in [0.1, 0.15) is 6.61 Å². The van der Waals surface area contributed by atoms with Gasteiger partial charge in [0.05, 0.1) is 18.9 Å². The SMILES string of the molecule is O=C(O)CC(O)CNC(=O)Cc1cccc(NC(=O)OCC2c3ccccc3-c3ccccc32)c1. The lowest BCUT2D eigenvalue weighted by Crippen LogP contribution is -2.34. The molecule has 1 aliphatic carbocycles. The number of ether oxygens (including phenoxy) is 1. The van der Waals surface area contributed by atoms with E-state index in [1.165, 1.54) is 0 Å². The highest BCUT2D eigenvalue weighted by molar-refractivity contribution is 5.86. The largest absolute Gasteiger partial charge is 0.481 e. The first-order chi connectivity index (χ1) is 16.9. The topological polar surface area (TPSA) is 125 Å². The van der Waals surface area contributed by atoms with E-state index in [1.54, 1.807) is 24.3 Å². The van der Waals surface area contributed by atoms with Gasteiger partial charge in [-0.05, 0) is 39.9 Å². The van der Waals surface area contributed by atoms with Gasteiger partial charge in [-0.15, -0.1) is 0 Å². The Morgan fingerprint density at radius 2 is 1.57 bits per heavy atom. The molecule has 8 heteroatoms. The number of carbonyl (C=O) groups is 3. The van der Waals surface area contributed by atoms with Crippen molar-refractivity contribution in [2.45, 2.75) is 24.9 Å². The summed E-state index contributed by atoms with van der Waals surface area (Å²) in [5, 5.41) is 23.4. The fraction of sp³-hybridized carbons (Fsp3) is 0.222. The second kappa shape index (κ2) is 10.8. The Bertz CT molecular complexity index is 1200. The van der Waals surface area contributed by atoms with Crippen molar-refractivity contribution in [2.75, 3.05) is 18.5 Å². The molecule has 0 fully saturated rings. The van der Waals surface area contributed by atoms with Gasteiger partial charge in [0.15, 0.2) is 0 Å². The van der Waals surface area contributed by atoms with Crippen LogP contribution in [0.1, 0.15) is 29.0 Å². The number of aliphatic hydroxyl groups excluding tert-OH is 1. The van der Waals surface area contributed by atoms with Crippen LogP contribution in [0.25, 0.3) is 11.1 Å². The molecule has 0 saturated heterocycles. The van der Waals surface area contributed by atoms with E-state index in [0.29, 0.717) is 11.3 Å². The number of hydrogen-bond donors (Lipinski definition) is 4. The Morgan fingerprint density at radius 1 is 0.914 bits per heavy atom. The minimum absolute atomic E-state index is 0.0139. The highest BCUT2D eigenvalue weighted by Gasteiger charge is 2.29. The summed E-state index contributed by atoms with van der Waals surface area (Å²) in [7, 11) is 0. The summed E-state index contributed by atoms with van der Waals surface area (Å²) in [6, 6.07) is 23.0. The average Bonchev–Trinajstić information content (AvgIpc) is 3.15. The minimum Gasteiger partial charge on any atom is -0.481 e. The quantitative estimate of drug-likeness (QED) is 0.376. The molecule has 0 bridgehead atoms. The summed E-state index contributed by atoms with van der Waals surface area (Å²) in [5.41, 5.74) is 5.69. The fourth-order valence-corrected chi connectivity index (χ4v) is 4.26. The molecule has 1 aliphatic rings. The number of anilines is 1. The van der Waals surface area contributed by atoms with E-state index in [4.69, 9.17) is 9.84 Å². The predicted molar refractivity (Wildman–Crippen MR) is 130 cm³/mol. The molecule has 0 aromatic heterocycles. The van der Waals surface area contributed by atoms with Gasteiger partial charge in [0, 0.05) is 18.2 Å². The number of rotatable bonds is 9. The van der Waals surface area contributed by atoms with Gasteiger partial charge in [-0.2, -0.15) is 0 Å². The zero-order valence-electron chi connectivity index (χ0n) is 18.9. The third-order valence-electron chi connectivity index (χ3n) is 5.83. The van der Waals surface area contributed by atoms with Crippen molar-refractivity contribution in [2.24, 2.45) is 0 Å². The number of aliphatic hydroxyl groups is 1. The molecule has 8 nitrogen and oxygen atoms in total. The summed E-state index contributed by atoms with van der Waals surface area (Å²) in [6.07, 6.45) is -2.18. The number of fused-ring (bicyclic) bond motifs is 3. The molecule has 0 aliphatic heterocycles. The van der Waals surface area contributed by atoms with Gasteiger partial charge in [0.2, 0.25) is 5.91 Å². The van der Waals surface area contributed by atoms with Gasteiger partial charge in [0.25, 0.3) is 0 Å². The van der Waals surface area contributed by atoms with Crippen LogP contribution < -0.4 is 10.6 Å². The first-order valence-electron chi connectivity index (χ1n) is 11.3. The molecular formula is C27H26N2O6. The Balaban J connectivity index is 1.31. The number of nitrogens with one attached hydrogen (secondary N) is 2. The summed E-state index contributed by atoms with van der Waals surface area (Å²) < 4.78 is 5.56. The number of amides is 2. The maximum absolute atomic E-state index is 12.5. The summed E-state index contributed by atoms with van der Waals surface area (Å²) >= 11 is 0. The van der Waals surface area contributed by atoms with Crippen molar-refractivity contribution in [1.82, 2.24) is 5.32 Å². The molecule has 3 aromatic carbocycles. The normalized spacial score (nSPS) is 12.8. The van der Waals surface area contributed by atoms with Crippen LogP contribution in [-0.2, 0) is 20.7 Å². The molecule has 1 atom stereocenters. The molecule has 180 valence electrons. The van der Waals surface area contributed by atoms with Crippen molar-refractivity contribution in [3.8, 4) is 11.1 Å². The molecule has 0 spiro atoms. The van der Waals surface area contributed by atoms with Crippen LogP contribution in [0.3, 0.4) is 0 Å². The van der Waals surface area contributed by atoms with Crippen LogP contribution >= 0.6 is 0 Å².